The van der Waals surface area contributed by atoms with E-state index in [0.717, 1.165) is 49.2 Å². The Morgan fingerprint density at radius 2 is 1.80 bits per heavy atom. The number of aryl methyl sites for hydroxylation is 1. The molecule has 3 aromatic rings. The number of nitrogens with zero attached hydrogens (tertiary/aromatic N) is 7. The lowest BCUT2D eigenvalue weighted by Crippen LogP contribution is -2.47. The topological polar surface area (TPSA) is 62.5 Å². The SMILES string of the molecule is Cc1ccnc(N2CCN(c3nccn4nc(C5CC5)cc34)CC2)n1. The second-order valence-electron chi connectivity index (χ2n) is 6.90. The molecular formula is C18H21N7. The van der Waals surface area contributed by atoms with Crippen molar-refractivity contribution >= 4 is 17.3 Å². The average molecular weight is 335 g/mol. The third-order valence-corrected chi connectivity index (χ3v) is 5.03. The summed E-state index contributed by atoms with van der Waals surface area (Å²) in [6.07, 6.45) is 8.16. The molecule has 5 rings (SSSR count). The molecule has 1 aliphatic carbocycles. The van der Waals surface area contributed by atoms with Crippen LogP contribution in [0.15, 0.2) is 30.7 Å². The quantitative estimate of drug-likeness (QED) is 0.730. The Morgan fingerprint density at radius 3 is 2.56 bits per heavy atom. The predicted molar refractivity (Wildman–Crippen MR) is 96.2 cm³/mol. The fourth-order valence-corrected chi connectivity index (χ4v) is 3.46. The van der Waals surface area contributed by atoms with Crippen LogP contribution in [0.3, 0.4) is 0 Å². The molecule has 1 aliphatic heterocycles. The van der Waals surface area contributed by atoms with Gasteiger partial charge in [0, 0.05) is 56.4 Å². The minimum absolute atomic E-state index is 0.656. The summed E-state index contributed by atoms with van der Waals surface area (Å²) in [6, 6.07) is 4.15. The van der Waals surface area contributed by atoms with Crippen molar-refractivity contribution < 1.29 is 0 Å². The van der Waals surface area contributed by atoms with Gasteiger partial charge in [-0.2, -0.15) is 5.10 Å². The van der Waals surface area contributed by atoms with E-state index in [4.69, 9.17) is 5.10 Å². The van der Waals surface area contributed by atoms with Crippen LogP contribution in [0.2, 0.25) is 0 Å². The molecule has 0 aromatic carbocycles. The van der Waals surface area contributed by atoms with E-state index in [0.29, 0.717) is 5.92 Å². The summed E-state index contributed by atoms with van der Waals surface area (Å²) in [4.78, 5) is 18.2. The monoisotopic (exact) mass is 335 g/mol. The molecule has 3 aromatic heterocycles. The Labute approximate surface area is 146 Å². The second kappa shape index (κ2) is 5.68. The lowest BCUT2D eigenvalue weighted by molar-refractivity contribution is 0.634. The number of anilines is 2. The molecule has 2 aliphatic rings. The molecule has 0 spiro atoms. The van der Waals surface area contributed by atoms with Gasteiger partial charge in [-0.1, -0.05) is 0 Å². The van der Waals surface area contributed by atoms with E-state index in [-0.39, 0.29) is 0 Å². The first-order valence-corrected chi connectivity index (χ1v) is 8.92. The average Bonchev–Trinajstić information content (AvgIpc) is 3.40. The summed E-state index contributed by atoms with van der Waals surface area (Å²) in [5, 5.41) is 4.72. The van der Waals surface area contributed by atoms with E-state index in [1.807, 2.05) is 36.1 Å². The highest BCUT2D eigenvalue weighted by atomic mass is 15.3. The normalized spacial score (nSPS) is 18.1. The summed E-state index contributed by atoms with van der Waals surface area (Å²) in [5.41, 5.74) is 3.33. The molecule has 7 heteroatoms. The van der Waals surface area contributed by atoms with Gasteiger partial charge in [-0.05, 0) is 31.9 Å². The van der Waals surface area contributed by atoms with Gasteiger partial charge in [0.15, 0.2) is 5.82 Å². The van der Waals surface area contributed by atoms with Crippen LogP contribution in [-0.2, 0) is 0 Å². The van der Waals surface area contributed by atoms with Crippen molar-refractivity contribution in [3.8, 4) is 0 Å². The first-order chi connectivity index (χ1) is 12.3. The van der Waals surface area contributed by atoms with E-state index < -0.39 is 0 Å². The van der Waals surface area contributed by atoms with Gasteiger partial charge in [0.1, 0.15) is 5.52 Å². The summed E-state index contributed by atoms with van der Waals surface area (Å²) in [7, 11) is 0. The molecule has 7 nitrogen and oxygen atoms in total. The molecule has 0 radical (unpaired) electrons. The summed E-state index contributed by atoms with van der Waals surface area (Å²) >= 11 is 0. The number of hydrogen-bond donors (Lipinski definition) is 0. The van der Waals surface area contributed by atoms with Gasteiger partial charge in [-0.15, -0.1) is 0 Å². The van der Waals surface area contributed by atoms with Crippen LogP contribution < -0.4 is 9.80 Å². The fraction of sp³-hybridized carbons (Fsp3) is 0.444. The zero-order valence-corrected chi connectivity index (χ0v) is 14.3. The molecule has 2 fully saturated rings. The van der Waals surface area contributed by atoms with Crippen molar-refractivity contribution in [3.05, 3.63) is 42.1 Å². The van der Waals surface area contributed by atoms with E-state index in [9.17, 15) is 0 Å². The molecule has 0 atom stereocenters. The number of rotatable bonds is 3. The van der Waals surface area contributed by atoms with E-state index in [1.165, 1.54) is 18.5 Å². The van der Waals surface area contributed by atoms with Crippen molar-refractivity contribution in [1.29, 1.82) is 0 Å². The minimum atomic E-state index is 0.656. The zero-order chi connectivity index (χ0) is 16.8. The van der Waals surface area contributed by atoms with Gasteiger partial charge in [0.2, 0.25) is 5.95 Å². The number of fused-ring (bicyclic) bond motifs is 1. The van der Waals surface area contributed by atoms with E-state index in [2.05, 4.69) is 30.8 Å². The van der Waals surface area contributed by atoms with Gasteiger partial charge in [0.25, 0.3) is 0 Å². The minimum Gasteiger partial charge on any atom is -0.351 e. The van der Waals surface area contributed by atoms with Gasteiger partial charge in [0.05, 0.1) is 5.69 Å². The molecule has 128 valence electrons. The van der Waals surface area contributed by atoms with Crippen molar-refractivity contribution in [2.24, 2.45) is 0 Å². The standard InChI is InChI=1S/C18H21N7/c1-13-4-5-20-18(21-13)24-10-8-23(9-11-24)17-16-12-15(14-2-3-14)22-25(16)7-6-19-17/h4-7,12,14H,2-3,8-11H2,1H3. The van der Waals surface area contributed by atoms with Gasteiger partial charge < -0.3 is 9.80 Å². The molecule has 0 bridgehead atoms. The van der Waals surface area contributed by atoms with Crippen LogP contribution in [0, 0.1) is 6.92 Å². The molecule has 0 unspecified atom stereocenters. The summed E-state index contributed by atoms with van der Waals surface area (Å²) in [5.74, 6) is 2.51. The number of aromatic nitrogens is 5. The predicted octanol–water partition coefficient (Wildman–Crippen LogP) is 2.03. The Hall–Kier alpha value is -2.70. The lowest BCUT2D eigenvalue weighted by Gasteiger charge is -2.35. The highest BCUT2D eigenvalue weighted by Crippen LogP contribution is 2.40. The van der Waals surface area contributed by atoms with Crippen LogP contribution in [0.5, 0.6) is 0 Å². The maximum atomic E-state index is 4.72. The molecule has 4 heterocycles. The number of piperazine rings is 1. The molecule has 0 N–H and O–H groups in total. The third-order valence-electron chi connectivity index (χ3n) is 5.03. The Kier molecular flexibility index (Phi) is 3.33. The molecule has 1 saturated heterocycles. The molecule has 0 amide bonds. The van der Waals surface area contributed by atoms with Gasteiger partial charge in [-0.3, -0.25) is 0 Å². The van der Waals surface area contributed by atoms with Crippen LogP contribution in [0.4, 0.5) is 11.8 Å². The molecule has 1 saturated carbocycles. The Bertz CT molecular complexity index is 907. The smallest absolute Gasteiger partial charge is 0.225 e. The van der Waals surface area contributed by atoms with Crippen molar-refractivity contribution in [3.63, 3.8) is 0 Å². The molecular weight excluding hydrogens is 314 g/mol. The Morgan fingerprint density at radius 1 is 1.00 bits per heavy atom. The summed E-state index contributed by atoms with van der Waals surface area (Å²) in [6.45, 7) is 5.62. The van der Waals surface area contributed by atoms with Crippen LogP contribution in [0.1, 0.15) is 30.1 Å². The zero-order valence-electron chi connectivity index (χ0n) is 14.3. The van der Waals surface area contributed by atoms with E-state index >= 15 is 0 Å². The van der Waals surface area contributed by atoms with Crippen molar-refractivity contribution in [2.75, 3.05) is 36.0 Å². The molecule has 25 heavy (non-hydrogen) atoms. The maximum absolute atomic E-state index is 4.72. The first kappa shape index (κ1) is 14.6. The van der Waals surface area contributed by atoms with Crippen molar-refractivity contribution in [2.45, 2.75) is 25.7 Å². The summed E-state index contributed by atoms with van der Waals surface area (Å²) < 4.78 is 1.98. The van der Waals surface area contributed by atoms with E-state index in [1.54, 1.807) is 0 Å². The number of hydrogen-bond acceptors (Lipinski definition) is 6. The second-order valence-corrected chi connectivity index (χ2v) is 6.90. The highest BCUT2D eigenvalue weighted by Gasteiger charge is 2.28. The van der Waals surface area contributed by atoms with Crippen LogP contribution in [0.25, 0.3) is 5.52 Å². The lowest BCUT2D eigenvalue weighted by atomic mass is 10.2. The van der Waals surface area contributed by atoms with Crippen molar-refractivity contribution in [1.82, 2.24) is 24.6 Å². The van der Waals surface area contributed by atoms with Crippen LogP contribution in [-0.4, -0.2) is 50.7 Å². The van der Waals surface area contributed by atoms with Crippen LogP contribution >= 0.6 is 0 Å². The maximum Gasteiger partial charge on any atom is 0.225 e. The van der Waals surface area contributed by atoms with Gasteiger partial charge >= 0.3 is 0 Å². The first-order valence-electron chi connectivity index (χ1n) is 8.92. The largest absolute Gasteiger partial charge is 0.351 e. The Balaban J connectivity index is 1.37. The third kappa shape index (κ3) is 2.69. The fourth-order valence-electron chi connectivity index (χ4n) is 3.46. The highest BCUT2D eigenvalue weighted by molar-refractivity contribution is 5.69. The van der Waals surface area contributed by atoms with Gasteiger partial charge in [-0.25, -0.2) is 19.5 Å².